The normalized spacial score (nSPS) is 26.3. The highest BCUT2D eigenvalue weighted by Crippen LogP contribution is 2.41. The van der Waals surface area contributed by atoms with Crippen LogP contribution in [0.3, 0.4) is 0 Å². The van der Waals surface area contributed by atoms with Crippen LogP contribution in [0.4, 0.5) is 0 Å². The third-order valence-electron chi connectivity index (χ3n) is 4.92. The fourth-order valence-electron chi connectivity index (χ4n) is 3.48. The molecule has 124 valence electrons. The van der Waals surface area contributed by atoms with Crippen LogP contribution in [-0.4, -0.2) is 48.2 Å². The van der Waals surface area contributed by atoms with E-state index >= 15 is 0 Å². The maximum absolute atomic E-state index is 12.4. The number of hydrogen-bond acceptors (Lipinski definition) is 3. The highest BCUT2D eigenvalue weighted by molar-refractivity contribution is 6.30. The third-order valence-corrected chi connectivity index (χ3v) is 5.17. The van der Waals surface area contributed by atoms with Crippen LogP contribution in [0.15, 0.2) is 24.3 Å². The van der Waals surface area contributed by atoms with Crippen LogP contribution in [0.5, 0.6) is 0 Å². The van der Waals surface area contributed by atoms with Crippen molar-refractivity contribution in [1.29, 1.82) is 0 Å². The number of likely N-dealkylation sites (tertiary alicyclic amines) is 1. The summed E-state index contributed by atoms with van der Waals surface area (Å²) in [5, 5.41) is 10.2. The summed E-state index contributed by atoms with van der Waals surface area (Å²) in [6.07, 6.45) is 2.00. The van der Waals surface area contributed by atoms with Crippen LogP contribution < -0.4 is 0 Å². The zero-order valence-electron chi connectivity index (χ0n) is 12.8. The number of nitrogens with zero attached hydrogens (tertiary/aromatic N) is 1. The number of halogens is 1. The molecule has 2 aliphatic heterocycles. The maximum atomic E-state index is 12.4. The van der Waals surface area contributed by atoms with Crippen LogP contribution in [0.25, 0.3) is 0 Å². The van der Waals surface area contributed by atoms with Crippen molar-refractivity contribution in [2.45, 2.75) is 19.3 Å². The van der Waals surface area contributed by atoms with Gasteiger partial charge in [0.1, 0.15) is 5.41 Å². The van der Waals surface area contributed by atoms with E-state index in [0.29, 0.717) is 24.6 Å². The SMILES string of the molecule is O=C(CCCc1ccc(Cl)cc1)N1CC2COC[C@]2(C(=O)O)C1. The summed E-state index contributed by atoms with van der Waals surface area (Å²) in [4.78, 5) is 25.6. The standard InChI is InChI=1S/C17H20ClNO4/c18-14-6-4-12(5-7-14)2-1-3-15(20)19-8-13-9-23-11-17(13,10-19)16(21)22/h4-7,13H,1-3,8-11H2,(H,21,22)/t13?,17-/m1/s1. The second-order valence-electron chi connectivity index (χ2n) is 6.43. The van der Waals surface area contributed by atoms with Crippen molar-refractivity contribution in [3.05, 3.63) is 34.9 Å². The summed E-state index contributed by atoms with van der Waals surface area (Å²) in [7, 11) is 0. The summed E-state index contributed by atoms with van der Waals surface area (Å²) in [5.74, 6) is -0.898. The van der Waals surface area contributed by atoms with Gasteiger partial charge in [-0.15, -0.1) is 0 Å². The summed E-state index contributed by atoms with van der Waals surface area (Å²) < 4.78 is 5.32. The van der Waals surface area contributed by atoms with Gasteiger partial charge >= 0.3 is 5.97 Å². The molecule has 0 spiro atoms. The van der Waals surface area contributed by atoms with Crippen molar-refractivity contribution >= 4 is 23.5 Å². The summed E-state index contributed by atoms with van der Waals surface area (Å²) in [6.45, 7) is 1.40. The van der Waals surface area contributed by atoms with Crippen molar-refractivity contribution < 1.29 is 19.4 Å². The number of carbonyl (C=O) groups excluding carboxylic acids is 1. The second-order valence-corrected chi connectivity index (χ2v) is 6.86. The van der Waals surface area contributed by atoms with Crippen LogP contribution >= 0.6 is 11.6 Å². The van der Waals surface area contributed by atoms with E-state index in [1.165, 1.54) is 0 Å². The molecule has 0 aromatic heterocycles. The molecule has 23 heavy (non-hydrogen) atoms. The Balaban J connectivity index is 1.51. The Hall–Kier alpha value is -1.59. The summed E-state index contributed by atoms with van der Waals surface area (Å²) in [6, 6.07) is 7.61. The van der Waals surface area contributed by atoms with Crippen molar-refractivity contribution in [1.82, 2.24) is 4.90 Å². The van der Waals surface area contributed by atoms with Gasteiger partial charge in [0.05, 0.1) is 13.2 Å². The lowest BCUT2D eigenvalue weighted by molar-refractivity contribution is -0.149. The molecule has 1 amide bonds. The molecular weight excluding hydrogens is 318 g/mol. The molecule has 0 aliphatic carbocycles. The molecule has 2 fully saturated rings. The lowest BCUT2D eigenvalue weighted by Gasteiger charge is -2.22. The smallest absolute Gasteiger partial charge is 0.314 e. The second kappa shape index (κ2) is 6.49. The molecule has 0 saturated carbocycles. The van der Waals surface area contributed by atoms with E-state index in [1.807, 2.05) is 24.3 Å². The largest absolute Gasteiger partial charge is 0.481 e. The van der Waals surface area contributed by atoms with Gasteiger partial charge in [-0.2, -0.15) is 0 Å². The summed E-state index contributed by atoms with van der Waals surface area (Å²) >= 11 is 5.85. The molecule has 1 N–H and O–H groups in total. The first-order valence-electron chi connectivity index (χ1n) is 7.85. The van der Waals surface area contributed by atoms with Gasteiger partial charge in [-0.1, -0.05) is 23.7 Å². The van der Waals surface area contributed by atoms with E-state index in [4.69, 9.17) is 16.3 Å². The first-order chi connectivity index (χ1) is 11.0. The number of aryl methyl sites for hydroxylation is 1. The van der Waals surface area contributed by atoms with E-state index in [2.05, 4.69) is 0 Å². The number of fused-ring (bicyclic) bond motifs is 1. The number of carbonyl (C=O) groups is 2. The van der Waals surface area contributed by atoms with Crippen molar-refractivity contribution in [2.24, 2.45) is 11.3 Å². The third kappa shape index (κ3) is 3.21. The van der Waals surface area contributed by atoms with Gasteiger partial charge in [0.25, 0.3) is 0 Å². The van der Waals surface area contributed by atoms with Gasteiger partial charge in [-0.05, 0) is 30.5 Å². The Morgan fingerprint density at radius 1 is 1.35 bits per heavy atom. The van der Waals surface area contributed by atoms with E-state index in [0.717, 1.165) is 18.4 Å². The molecule has 6 heteroatoms. The van der Waals surface area contributed by atoms with E-state index in [-0.39, 0.29) is 25.0 Å². The minimum atomic E-state index is -0.897. The highest BCUT2D eigenvalue weighted by Gasteiger charge is 2.56. The minimum absolute atomic E-state index is 0.0361. The van der Waals surface area contributed by atoms with Gasteiger partial charge in [-0.25, -0.2) is 0 Å². The van der Waals surface area contributed by atoms with Crippen LogP contribution in [0.2, 0.25) is 5.02 Å². The number of carboxylic acids is 1. The lowest BCUT2D eigenvalue weighted by atomic mass is 9.81. The van der Waals surface area contributed by atoms with E-state index in [9.17, 15) is 14.7 Å². The Kier molecular flexibility index (Phi) is 4.60. The van der Waals surface area contributed by atoms with Crippen molar-refractivity contribution in [2.75, 3.05) is 26.3 Å². The summed E-state index contributed by atoms with van der Waals surface area (Å²) in [5.41, 5.74) is 0.252. The monoisotopic (exact) mass is 337 g/mol. The first kappa shape index (κ1) is 16.3. The number of rotatable bonds is 5. The Morgan fingerprint density at radius 3 is 2.74 bits per heavy atom. The molecule has 0 bridgehead atoms. The molecular formula is C17H20ClNO4. The van der Waals surface area contributed by atoms with Crippen molar-refractivity contribution in [3.63, 3.8) is 0 Å². The van der Waals surface area contributed by atoms with Crippen LogP contribution in [0.1, 0.15) is 18.4 Å². The Bertz CT molecular complexity index is 603. The molecule has 3 rings (SSSR count). The molecule has 0 radical (unpaired) electrons. The van der Waals surface area contributed by atoms with Gasteiger partial charge in [0.2, 0.25) is 5.91 Å². The maximum Gasteiger partial charge on any atom is 0.314 e. The number of hydrogen-bond donors (Lipinski definition) is 1. The highest BCUT2D eigenvalue weighted by atomic mass is 35.5. The van der Waals surface area contributed by atoms with Crippen molar-refractivity contribution in [3.8, 4) is 0 Å². The van der Waals surface area contributed by atoms with Gasteiger partial charge in [0.15, 0.2) is 0 Å². The van der Waals surface area contributed by atoms with E-state index < -0.39 is 11.4 Å². The molecule has 2 aliphatic rings. The zero-order valence-corrected chi connectivity index (χ0v) is 13.6. The van der Waals surface area contributed by atoms with E-state index in [1.54, 1.807) is 4.90 Å². The fraction of sp³-hybridized carbons (Fsp3) is 0.529. The van der Waals surface area contributed by atoms with Gasteiger partial charge in [-0.3, -0.25) is 9.59 Å². The molecule has 2 atom stereocenters. The minimum Gasteiger partial charge on any atom is -0.481 e. The lowest BCUT2D eigenvalue weighted by Crippen LogP contribution is -2.40. The topological polar surface area (TPSA) is 66.8 Å². The Labute approximate surface area is 140 Å². The fourth-order valence-corrected chi connectivity index (χ4v) is 3.61. The quantitative estimate of drug-likeness (QED) is 0.894. The molecule has 2 saturated heterocycles. The predicted octanol–water partition coefficient (Wildman–Crippen LogP) is 2.22. The average molecular weight is 338 g/mol. The predicted molar refractivity (Wildman–Crippen MR) is 85.3 cm³/mol. The molecule has 1 aromatic carbocycles. The Morgan fingerprint density at radius 2 is 2.09 bits per heavy atom. The molecule has 1 aromatic rings. The first-order valence-corrected chi connectivity index (χ1v) is 8.22. The molecule has 2 heterocycles. The number of aliphatic carboxylic acids is 1. The number of carboxylic acid groups (broad SMARTS) is 1. The average Bonchev–Trinajstić information content (AvgIpc) is 3.07. The number of benzene rings is 1. The molecule has 5 nitrogen and oxygen atoms in total. The number of amides is 1. The zero-order chi connectivity index (χ0) is 16.4. The number of ether oxygens (including phenoxy) is 1. The van der Waals surface area contributed by atoms with Crippen LogP contribution in [-0.2, 0) is 20.7 Å². The van der Waals surface area contributed by atoms with Gasteiger partial charge in [0, 0.05) is 30.5 Å². The molecule has 1 unspecified atom stereocenters. The van der Waals surface area contributed by atoms with Crippen LogP contribution in [0, 0.1) is 11.3 Å². The van der Waals surface area contributed by atoms with Gasteiger partial charge < -0.3 is 14.7 Å².